The molecule has 1 saturated heterocycles. The number of aromatic nitrogens is 5. The molecule has 0 spiro atoms. The number of anilines is 2. The Labute approximate surface area is 205 Å². The van der Waals surface area contributed by atoms with Crippen LogP contribution in [-0.2, 0) is 10.3 Å². The predicted octanol–water partition coefficient (Wildman–Crippen LogP) is 3.38. The van der Waals surface area contributed by atoms with Gasteiger partial charge in [0.25, 0.3) is 5.91 Å². The number of carbonyl (C=O) groups is 1. The van der Waals surface area contributed by atoms with E-state index in [9.17, 15) is 9.90 Å². The van der Waals surface area contributed by atoms with E-state index >= 15 is 0 Å². The van der Waals surface area contributed by atoms with Gasteiger partial charge in [-0.05, 0) is 51.5 Å². The van der Waals surface area contributed by atoms with Crippen LogP contribution in [0.15, 0.2) is 24.7 Å². The van der Waals surface area contributed by atoms with Crippen LogP contribution in [0.5, 0.6) is 0 Å². The average molecular weight is 482 g/mol. The molecule has 2 aliphatic rings. The minimum atomic E-state index is -1.20. The molecule has 0 radical (unpaired) electrons. The van der Waals surface area contributed by atoms with Gasteiger partial charge >= 0.3 is 0 Å². The van der Waals surface area contributed by atoms with Crippen molar-refractivity contribution in [2.45, 2.75) is 64.5 Å². The molecule has 1 aliphatic heterocycles. The second kappa shape index (κ2) is 9.58. The van der Waals surface area contributed by atoms with Gasteiger partial charge in [-0.2, -0.15) is 10.2 Å². The molecule has 1 aliphatic carbocycles. The maximum absolute atomic E-state index is 13.4. The highest BCUT2D eigenvalue weighted by Gasteiger charge is 2.30. The fraction of sp³-hybridized carbons (Fsp3) is 0.600. The van der Waals surface area contributed by atoms with Crippen LogP contribution in [0.2, 0.25) is 0 Å². The number of hydrogen-bond acceptors (Lipinski definition) is 7. The SMILES string of the molecule is CCC1CCC(n2cc(NC(=O)c3cnn4ccc(N5CCOCC5)nc34)c(C(C)(C)O)n2)CC1. The van der Waals surface area contributed by atoms with E-state index in [2.05, 4.69) is 22.2 Å². The monoisotopic (exact) mass is 481 g/mol. The molecule has 4 heterocycles. The van der Waals surface area contributed by atoms with Crippen molar-refractivity contribution in [3.05, 3.63) is 35.9 Å². The number of ether oxygens (including phenoxy) is 1. The fourth-order valence-corrected chi connectivity index (χ4v) is 5.12. The molecule has 3 aromatic heterocycles. The van der Waals surface area contributed by atoms with Crippen molar-refractivity contribution >= 4 is 23.1 Å². The zero-order chi connectivity index (χ0) is 24.6. The molecule has 10 nitrogen and oxygen atoms in total. The zero-order valence-corrected chi connectivity index (χ0v) is 20.8. The maximum atomic E-state index is 13.4. The van der Waals surface area contributed by atoms with Gasteiger partial charge in [-0.1, -0.05) is 13.3 Å². The molecule has 0 unspecified atom stereocenters. The first-order chi connectivity index (χ1) is 16.8. The van der Waals surface area contributed by atoms with Crippen molar-refractivity contribution in [2.75, 3.05) is 36.5 Å². The highest BCUT2D eigenvalue weighted by atomic mass is 16.5. The van der Waals surface area contributed by atoms with Crippen LogP contribution in [0.1, 0.15) is 75.0 Å². The van der Waals surface area contributed by atoms with E-state index in [0.29, 0.717) is 35.8 Å². The topological polar surface area (TPSA) is 110 Å². The highest BCUT2D eigenvalue weighted by molar-refractivity contribution is 6.08. The molecule has 2 fully saturated rings. The number of rotatable bonds is 6. The number of hydrogen-bond donors (Lipinski definition) is 2. The maximum Gasteiger partial charge on any atom is 0.261 e. The summed E-state index contributed by atoms with van der Waals surface area (Å²) in [7, 11) is 0. The van der Waals surface area contributed by atoms with E-state index in [1.165, 1.54) is 25.5 Å². The lowest BCUT2D eigenvalue weighted by Crippen LogP contribution is -2.36. The molecule has 0 bridgehead atoms. The summed E-state index contributed by atoms with van der Waals surface area (Å²) in [4.78, 5) is 20.2. The van der Waals surface area contributed by atoms with Crippen molar-refractivity contribution in [1.82, 2.24) is 24.4 Å². The lowest BCUT2D eigenvalue weighted by molar-refractivity contribution is 0.0730. The molecule has 2 N–H and O–H groups in total. The fourth-order valence-electron chi connectivity index (χ4n) is 5.12. The van der Waals surface area contributed by atoms with E-state index in [1.807, 2.05) is 23.1 Å². The van der Waals surface area contributed by atoms with Crippen LogP contribution in [0.4, 0.5) is 11.5 Å². The highest BCUT2D eigenvalue weighted by Crippen LogP contribution is 2.36. The minimum Gasteiger partial charge on any atom is -0.384 e. The summed E-state index contributed by atoms with van der Waals surface area (Å²) >= 11 is 0. The second-order valence-electron chi connectivity index (χ2n) is 10.2. The second-order valence-corrected chi connectivity index (χ2v) is 10.2. The Balaban J connectivity index is 1.40. The Morgan fingerprint density at radius 1 is 1.23 bits per heavy atom. The van der Waals surface area contributed by atoms with Crippen LogP contribution in [-0.4, -0.2) is 61.7 Å². The van der Waals surface area contributed by atoms with E-state index in [1.54, 1.807) is 18.4 Å². The first-order valence-electron chi connectivity index (χ1n) is 12.6. The summed E-state index contributed by atoms with van der Waals surface area (Å²) in [5.74, 6) is 1.25. The molecule has 35 heavy (non-hydrogen) atoms. The van der Waals surface area contributed by atoms with E-state index in [-0.39, 0.29) is 11.9 Å². The van der Waals surface area contributed by atoms with Crippen molar-refractivity contribution in [1.29, 1.82) is 0 Å². The number of nitrogens with zero attached hydrogens (tertiary/aromatic N) is 6. The molecule has 5 rings (SSSR count). The Kier molecular flexibility index (Phi) is 6.50. The first kappa shape index (κ1) is 23.7. The number of nitrogens with one attached hydrogen (secondary N) is 1. The van der Waals surface area contributed by atoms with Gasteiger partial charge in [0.15, 0.2) is 5.65 Å². The van der Waals surface area contributed by atoms with Gasteiger partial charge in [-0.3, -0.25) is 9.48 Å². The third-order valence-electron chi connectivity index (χ3n) is 7.26. The third kappa shape index (κ3) is 4.90. The van der Waals surface area contributed by atoms with Crippen molar-refractivity contribution in [2.24, 2.45) is 5.92 Å². The first-order valence-corrected chi connectivity index (χ1v) is 12.6. The van der Waals surface area contributed by atoms with Crippen LogP contribution in [0, 0.1) is 5.92 Å². The largest absolute Gasteiger partial charge is 0.384 e. The number of carbonyl (C=O) groups excluding carboxylic acids is 1. The molecule has 10 heteroatoms. The molecule has 1 amide bonds. The Morgan fingerprint density at radius 3 is 2.66 bits per heavy atom. The van der Waals surface area contributed by atoms with Gasteiger partial charge in [-0.15, -0.1) is 0 Å². The molecule has 188 valence electrons. The molecular weight excluding hydrogens is 446 g/mol. The standard InChI is InChI=1S/C25H35N7O3/c1-4-17-5-7-18(8-6-17)32-16-20(22(29-32)25(2,3)34)27-24(33)19-15-26-31-10-9-21(28-23(19)31)30-11-13-35-14-12-30/h9-10,15-18,34H,4-8,11-14H2,1-3H3,(H,27,33). The number of fused-ring (bicyclic) bond motifs is 1. The normalized spacial score (nSPS) is 21.4. The molecule has 3 aromatic rings. The predicted molar refractivity (Wildman–Crippen MR) is 133 cm³/mol. The molecular formula is C25H35N7O3. The third-order valence-corrected chi connectivity index (χ3v) is 7.26. The van der Waals surface area contributed by atoms with Crippen LogP contribution in [0.3, 0.4) is 0 Å². The minimum absolute atomic E-state index is 0.277. The van der Waals surface area contributed by atoms with Crippen molar-refractivity contribution < 1.29 is 14.6 Å². The Hall–Kier alpha value is -2.98. The summed E-state index contributed by atoms with van der Waals surface area (Å²) in [5.41, 5.74) is 0.641. The summed E-state index contributed by atoms with van der Waals surface area (Å²) in [6.07, 6.45) is 10.9. The molecule has 0 atom stereocenters. The van der Waals surface area contributed by atoms with Crippen molar-refractivity contribution in [3.63, 3.8) is 0 Å². The van der Waals surface area contributed by atoms with Crippen LogP contribution < -0.4 is 10.2 Å². The van der Waals surface area contributed by atoms with Crippen molar-refractivity contribution in [3.8, 4) is 0 Å². The molecule has 1 saturated carbocycles. The number of amides is 1. The van der Waals surface area contributed by atoms with E-state index in [0.717, 1.165) is 37.7 Å². The van der Waals surface area contributed by atoms with Gasteiger partial charge in [-0.25, -0.2) is 9.50 Å². The Morgan fingerprint density at radius 2 is 1.97 bits per heavy atom. The quantitative estimate of drug-likeness (QED) is 0.555. The number of morpholine rings is 1. The summed E-state index contributed by atoms with van der Waals surface area (Å²) in [6.45, 7) is 8.45. The van der Waals surface area contributed by atoms with Gasteiger partial charge < -0.3 is 20.1 Å². The zero-order valence-electron chi connectivity index (χ0n) is 20.8. The average Bonchev–Trinajstić information content (AvgIpc) is 3.49. The van der Waals surface area contributed by atoms with Gasteiger partial charge in [0.05, 0.1) is 31.1 Å². The van der Waals surface area contributed by atoms with Crippen LogP contribution >= 0.6 is 0 Å². The van der Waals surface area contributed by atoms with Crippen LogP contribution in [0.25, 0.3) is 5.65 Å². The van der Waals surface area contributed by atoms with Gasteiger partial charge in [0.2, 0.25) is 0 Å². The molecule has 0 aromatic carbocycles. The summed E-state index contributed by atoms with van der Waals surface area (Å²) < 4.78 is 8.97. The summed E-state index contributed by atoms with van der Waals surface area (Å²) in [6, 6.07) is 2.18. The number of aliphatic hydroxyl groups is 1. The van der Waals surface area contributed by atoms with Gasteiger partial charge in [0, 0.05) is 25.5 Å². The summed E-state index contributed by atoms with van der Waals surface area (Å²) in [5, 5.41) is 22.8. The Bertz CT molecular complexity index is 1180. The van der Waals surface area contributed by atoms with Gasteiger partial charge in [0.1, 0.15) is 22.7 Å². The van der Waals surface area contributed by atoms with E-state index < -0.39 is 5.60 Å². The van der Waals surface area contributed by atoms with E-state index in [4.69, 9.17) is 14.8 Å². The smallest absolute Gasteiger partial charge is 0.261 e. The lowest BCUT2D eigenvalue weighted by Gasteiger charge is -2.28. The lowest BCUT2D eigenvalue weighted by atomic mass is 9.85.